The molecule has 2 N–H and O–H groups in total. The molecule has 0 heterocycles. The monoisotopic (exact) mass is 231 g/mol. The Kier molecular flexibility index (Phi) is 5.18. The topological polar surface area (TPSA) is 68.4 Å². The van der Waals surface area contributed by atoms with Crippen molar-refractivity contribution in [3.8, 4) is 6.07 Å². The molecule has 0 amide bonds. The molecule has 0 saturated carbocycles. The summed E-state index contributed by atoms with van der Waals surface area (Å²) in [6.45, 7) is 3.68. The molecular formula is C13H17N3O. The van der Waals surface area contributed by atoms with Crippen molar-refractivity contribution in [2.24, 2.45) is 5.10 Å². The average molecular weight is 231 g/mol. The molecule has 0 aromatic heterocycles. The third kappa shape index (κ3) is 5.14. The summed E-state index contributed by atoms with van der Waals surface area (Å²) < 4.78 is 0. The molecule has 0 aliphatic carbocycles. The van der Waals surface area contributed by atoms with E-state index in [4.69, 9.17) is 10.4 Å². The van der Waals surface area contributed by atoms with Crippen molar-refractivity contribution in [1.29, 1.82) is 5.26 Å². The summed E-state index contributed by atoms with van der Waals surface area (Å²) >= 11 is 0. The molecule has 90 valence electrons. The summed E-state index contributed by atoms with van der Waals surface area (Å²) in [6, 6.07) is 9.16. The molecule has 1 aromatic carbocycles. The van der Waals surface area contributed by atoms with E-state index in [0.29, 0.717) is 12.0 Å². The van der Waals surface area contributed by atoms with E-state index in [-0.39, 0.29) is 6.10 Å². The van der Waals surface area contributed by atoms with Crippen LogP contribution in [0.25, 0.3) is 0 Å². The van der Waals surface area contributed by atoms with Crippen LogP contribution < -0.4 is 5.43 Å². The fourth-order valence-electron chi connectivity index (χ4n) is 1.25. The number of nitrogens with one attached hydrogen (secondary N) is 1. The second kappa shape index (κ2) is 6.66. The number of rotatable bonds is 5. The molecule has 17 heavy (non-hydrogen) atoms. The zero-order valence-corrected chi connectivity index (χ0v) is 10.1. The second-order valence-corrected chi connectivity index (χ2v) is 4.04. The maximum atomic E-state index is 9.14. The number of aliphatic hydroxyl groups excluding tert-OH is 1. The first-order chi connectivity index (χ1) is 8.11. The van der Waals surface area contributed by atoms with Gasteiger partial charge in [0.15, 0.2) is 0 Å². The van der Waals surface area contributed by atoms with Crippen molar-refractivity contribution < 1.29 is 5.11 Å². The molecule has 4 nitrogen and oxygen atoms in total. The molecule has 1 atom stereocenters. The standard InChI is InChI=1S/C13H17N3O/c1-10(3-4-11(2)17)15-16-13-7-5-12(9-14)6-8-13/h5-8,11,16-17H,3-4H2,1-2H3/b15-10+. The largest absolute Gasteiger partial charge is 0.393 e. The maximum absolute atomic E-state index is 9.14. The van der Waals surface area contributed by atoms with E-state index in [2.05, 4.69) is 16.6 Å². The Bertz CT molecular complexity index is 415. The van der Waals surface area contributed by atoms with Crippen LogP contribution in [0, 0.1) is 11.3 Å². The molecule has 0 saturated heterocycles. The first-order valence-electron chi connectivity index (χ1n) is 5.59. The number of hydrogen-bond donors (Lipinski definition) is 2. The summed E-state index contributed by atoms with van der Waals surface area (Å²) in [5.41, 5.74) is 5.33. The molecule has 1 aromatic rings. The molecule has 1 unspecified atom stereocenters. The van der Waals surface area contributed by atoms with Crippen LogP contribution in [0.5, 0.6) is 0 Å². The number of hydrazone groups is 1. The minimum atomic E-state index is -0.296. The van der Waals surface area contributed by atoms with Gasteiger partial charge in [-0.1, -0.05) is 0 Å². The number of aliphatic hydroxyl groups is 1. The third-order valence-corrected chi connectivity index (χ3v) is 2.31. The fourth-order valence-corrected chi connectivity index (χ4v) is 1.25. The summed E-state index contributed by atoms with van der Waals surface area (Å²) in [6.07, 6.45) is 1.18. The van der Waals surface area contributed by atoms with E-state index in [1.54, 1.807) is 19.1 Å². The lowest BCUT2D eigenvalue weighted by Crippen LogP contribution is -2.04. The Labute approximate surface area is 102 Å². The highest BCUT2D eigenvalue weighted by molar-refractivity contribution is 5.82. The van der Waals surface area contributed by atoms with Crippen LogP contribution in [0.1, 0.15) is 32.3 Å². The molecule has 1 rings (SSSR count). The van der Waals surface area contributed by atoms with Crippen LogP contribution >= 0.6 is 0 Å². The van der Waals surface area contributed by atoms with Gasteiger partial charge in [-0.3, -0.25) is 5.43 Å². The summed E-state index contributed by atoms with van der Waals surface area (Å²) in [7, 11) is 0. The van der Waals surface area contributed by atoms with Crippen molar-refractivity contribution in [1.82, 2.24) is 0 Å². The lowest BCUT2D eigenvalue weighted by molar-refractivity contribution is 0.187. The van der Waals surface area contributed by atoms with Crippen molar-refractivity contribution in [3.05, 3.63) is 29.8 Å². The Balaban J connectivity index is 2.48. The zero-order chi connectivity index (χ0) is 12.7. The first kappa shape index (κ1) is 13.2. The van der Waals surface area contributed by atoms with E-state index >= 15 is 0 Å². The van der Waals surface area contributed by atoms with Gasteiger partial charge in [0.05, 0.1) is 23.4 Å². The lowest BCUT2D eigenvalue weighted by Gasteiger charge is -2.05. The van der Waals surface area contributed by atoms with Crippen LogP contribution in [0.2, 0.25) is 0 Å². The smallest absolute Gasteiger partial charge is 0.0991 e. The SMILES string of the molecule is C/C(CCC(C)O)=N\Nc1ccc(C#N)cc1. The van der Waals surface area contributed by atoms with Gasteiger partial charge in [-0.2, -0.15) is 10.4 Å². The van der Waals surface area contributed by atoms with Gasteiger partial charge in [-0.15, -0.1) is 0 Å². The van der Waals surface area contributed by atoms with Crippen LogP contribution in [0.4, 0.5) is 5.69 Å². The van der Waals surface area contributed by atoms with Gasteiger partial charge in [0, 0.05) is 5.71 Å². The van der Waals surface area contributed by atoms with Gasteiger partial charge in [0.25, 0.3) is 0 Å². The molecule has 0 aliphatic rings. The van der Waals surface area contributed by atoms with E-state index in [1.165, 1.54) is 0 Å². The Morgan fingerprint density at radius 2 is 2.12 bits per heavy atom. The number of hydrogen-bond acceptors (Lipinski definition) is 4. The number of benzene rings is 1. The van der Waals surface area contributed by atoms with Crippen LogP contribution in [0.3, 0.4) is 0 Å². The predicted octanol–water partition coefficient (Wildman–Crippen LogP) is 2.51. The van der Waals surface area contributed by atoms with Crippen molar-refractivity contribution in [3.63, 3.8) is 0 Å². The Hall–Kier alpha value is -1.86. The number of anilines is 1. The molecule has 0 fully saturated rings. The number of nitrogens with zero attached hydrogens (tertiary/aromatic N) is 2. The molecule has 0 aliphatic heterocycles. The third-order valence-electron chi connectivity index (χ3n) is 2.31. The minimum Gasteiger partial charge on any atom is -0.393 e. The molecular weight excluding hydrogens is 214 g/mol. The van der Waals surface area contributed by atoms with Crippen LogP contribution in [-0.4, -0.2) is 16.9 Å². The zero-order valence-electron chi connectivity index (χ0n) is 10.1. The average Bonchev–Trinajstić information content (AvgIpc) is 2.34. The van der Waals surface area contributed by atoms with Gasteiger partial charge < -0.3 is 5.11 Å². The van der Waals surface area contributed by atoms with Crippen LogP contribution in [-0.2, 0) is 0 Å². The van der Waals surface area contributed by atoms with E-state index in [1.807, 2.05) is 19.1 Å². The molecule has 0 bridgehead atoms. The number of nitriles is 1. The summed E-state index contributed by atoms with van der Waals surface area (Å²) in [5, 5.41) is 22.0. The fraction of sp³-hybridized carbons (Fsp3) is 0.385. The maximum Gasteiger partial charge on any atom is 0.0991 e. The molecule has 4 heteroatoms. The predicted molar refractivity (Wildman–Crippen MR) is 68.8 cm³/mol. The second-order valence-electron chi connectivity index (χ2n) is 4.04. The Morgan fingerprint density at radius 1 is 1.47 bits per heavy atom. The molecule has 0 radical (unpaired) electrons. The van der Waals surface area contributed by atoms with Gasteiger partial charge in [0.1, 0.15) is 0 Å². The van der Waals surface area contributed by atoms with Gasteiger partial charge in [-0.05, 0) is 51.0 Å². The normalized spacial score (nSPS) is 12.9. The van der Waals surface area contributed by atoms with Gasteiger partial charge >= 0.3 is 0 Å². The summed E-state index contributed by atoms with van der Waals surface area (Å²) in [5.74, 6) is 0. The van der Waals surface area contributed by atoms with Gasteiger partial charge in [-0.25, -0.2) is 0 Å². The quantitative estimate of drug-likeness (QED) is 0.604. The first-order valence-corrected chi connectivity index (χ1v) is 5.59. The van der Waals surface area contributed by atoms with E-state index in [9.17, 15) is 0 Å². The molecule has 0 spiro atoms. The van der Waals surface area contributed by atoms with Crippen molar-refractivity contribution >= 4 is 11.4 Å². The Morgan fingerprint density at radius 3 is 2.65 bits per heavy atom. The highest BCUT2D eigenvalue weighted by atomic mass is 16.3. The highest BCUT2D eigenvalue weighted by Crippen LogP contribution is 2.09. The summed E-state index contributed by atoms with van der Waals surface area (Å²) in [4.78, 5) is 0. The van der Waals surface area contributed by atoms with Crippen molar-refractivity contribution in [2.75, 3.05) is 5.43 Å². The van der Waals surface area contributed by atoms with E-state index < -0.39 is 0 Å². The highest BCUT2D eigenvalue weighted by Gasteiger charge is 1.98. The van der Waals surface area contributed by atoms with E-state index in [0.717, 1.165) is 17.8 Å². The minimum absolute atomic E-state index is 0.296. The van der Waals surface area contributed by atoms with Crippen LogP contribution in [0.15, 0.2) is 29.4 Å². The van der Waals surface area contributed by atoms with Gasteiger partial charge in [0.2, 0.25) is 0 Å². The van der Waals surface area contributed by atoms with Crippen molar-refractivity contribution in [2.45, 2.75) is 32.8 Å². The lowest BCUT2D eigenvalue weighted by atomic mass is 10.2.